The summed E-state index contributed by atoms with van der Waals surface area (Å²) in [6.07, 6.45) is 0. The van der Waals surface area contributed by atoms with Crippen molar-refractivity contribution < 1.29 is 28.8 Å². The first kappa shape index (κ1) is 22.5. The summed E-state index contributed by atoms with van der Waals surface area (Å²) in [5.41, 5.74) is 0.0609. The van der Waals surface area contributed by atoms with E-state index in [9.17, 15) is 24.5 Å². The summed E-state index contributed by atoms with van der Waals surface area (Å²) >= 11 is 0. The van der Waals surface area contributed by atoms with Gasteiger partial charge in [0.15, 0.2) is 6.61 Å². The zero-order valence-corrected chi connectivity index (χ0v) is 16.9. The molecule has 158 valence electrons. The van der Waals surface area contributed by atoms with Gasteiger partial charge in [-0.05, 0) is 25.5 Å². The molecule has 0 aliphatic carbocycles. The minimum absolute atomic E-state index is 0.139. The molecule has 9 nitrogen and oxygen atoms in total. The van der Waals surface area contributed by atoms with Crippen LogP contribution in [0, 0.1) is 10.1 Å². The molecule has 0 bridgehead atoms. The highest BCUT2D eigenvalue weighted by molar-refractivity contribution is 5.97. The largest absolute Gasteiger partial charge is 0.465 e. The number of amides is 1. The van der Waals surface area contributed by atoms with E-state index < -0.39 is 35.1 Å². The Labute approximate surface area is 173 Å². The molecule has 0 spiro atoms. The van der Waals surface area contributed by atoms with Crippen LogP contribution in [0.15, 0.2) is 48.5 Å². The molecule has 0 saturated carbocycles. The van der Waals surface area contributed by atoms with E-state index in [0.29, 0.717) is 6.54 Å². The van der Waals surface area contributed by atoms with Crippen LogP contribution in [0.1, 0.15) is 40.1 Å². The van der Waals surface area contributed by atoms with Gasteiger partial charge in [-0.15, -0.1) is 0 Å². The van der Waals surface area contributed by atoms with Crippen LogP contribution in [-0.2, 0) is 20.8 Å². The van der Waals surface area contributed by atoms with Gasteiger partial charge in [-0.3, -0.25) is 14.9 Å². The van der Waals surface area contributed by atoms with Gasteiger partial charge in [-0.2, -0.15) is 0 Å². The molecule has 0 aliphatic rings. The highest BCUT2D eigenvalue weighted by atomic mass is 16.6. The minimum Gasteiger partial charge on any atom is -0.465 e. The van der Waals surface area contributed by atoms with Crippen molar-refractivity contribution in [2.45, 2.75) is 26.4 Å². The van der Waals surface area contributed by atoms with Crippen LogP contribution >= 0.6 is 0 Å². The standard InChI is InChI=1S/C21H22N2O7/c1-14(2)22(12-15-7-5-4-6-8-15)19(24)13-30-21(26)17-9-16(20(25)29-3)10-18(11-17)23(27)28/h4-11,14H,12-13H2,1-3H3. The molecule has 0 fully saturated rings. The van der Waals surface area contributed by atoms with Crippen LogP contribution < -0.4 is 0 Å². The third-order valence-corrected chi connectivity index (χ3v) is 4.25. The number of ether oxygens (including phenoxy) is 2. The number of benzene rings is 2. The fraction of sp³-hybridized carbons (Fsp3) is 0.286. The van der Waals surface area contributed by atoms with Crippen molar-refractivity contribution in [1.82, 2.24) is 4.90 Å². The van der Waals surface area contributed by atoms with Gasteiger partial charge in [-0.25, -0.2) is 9.59 Å². The van der Waals surface area contributed by atoms with E-state index >= 15 is 0 Å². The van der Waals surface area contributed by atoms with Crippen molar-refractivity contribution in [2.24, 2.45) is 0 Å². The maximum Gasteiger partial charge on any atom is 0.338 e. The second-order valence-corrected chi connectivity index (χ2v) is 6.69. The maximum absolute atomic E-state index is 12.6. The average molecular weight is 414 g/mol. The maximum atomic E-state index is 12.6. The summed E-state index contributed by atoms with van der Waals surface area (Å²) in [6, 6.07) is 12.3. The van der Waals surface area contributed by atoms with Gasteiger partial charge in [0, 0.05) is 24.7 Å². The molecule has 9 heteroatoms. The minimum atomic E-state index is -0.958. The molecular weight excluding hydrogens is 392 g/mol. The van der Waals surface area contributed by atoms with Gasteiger partial charge in [0.2, 0.25) is 0 Å². The van der Waals surface area contributed by atoms with E-state index in [4.69, 9.17) is 4.74 Å². The fourth-order valence-electron chi connectivity index (χ4n) is 2.70. The molecule has 2 aromatic carbocycles. The predicted octanol–water partition coefficient (Wildman–Crippen LogP) is 2.98. The molecule has 0 unspecified atom stereocenters. The molecule has 0 N–H and O–H groups in total. The molecule has 0 aliphatic heterocycles. The highest BCUT2D eigenvalue weighted by Crippen LogP contribution is 2.19. The van der Waals surface area contributed by atoms with Gasteiger partial charge >= 0.3 is 11.9 Å². The second kappa shape index (κ2) is 10.1. The van der Waals surface area contributed by atoms with Crippen molar-refractivity contribution in [3.05, 3.63) is 75.3 Å². The van der Waals surface area contributed by atoms with Crippen molar-refractivity contribution in [1.29, 1.82) is 0 Å². The number of nitro benzene ring substituents is 1. The average Bonchev–Trinajstić information content (AvgIpc) is 2.75. The lowest BCUT2D eigenvalue weighted by Crippen LogP contribution is -2.39. The number of hydrogen-bond acceptors (Lipinski definition) is 7. The summed E-state index contributed by atoms with van der Waals surface area (Å²) in [7, 11) is 1.12. The van der Waals surface area contributed by atoms with Crippen molar-refractivity contribution in [3.8, 4) is 0 Å². The van der Waals surface area contributed by atoms with Crippen molar-refractivity contribution >= 4 is 23.5 Å². The Morgan fingerprint density at radius 1 is 1.03 bits per heavy atom. The zero-order chi connectivity index (χ0) is 22.3. The number of nitrogens with zero attached hydrogens (tertiary/aromatic N) is 2. The van der Waals surface area contributed by atoms with Crippen LogP contribution in [0.25, 0.3) is 0 Å². The van der Waals surface area contributed by atoms with Gasteiger partial charge < -0.3 is 14.4 Å². The van der Waals surface area contributed by atoms with Crippen LogP contribution in [-0.4, -0.2) is 47.4 Å². The number of non-ortho nitro benzene ring substituents is 1. The van der Waals surface area contributed by atoms with Gasteiger partial charge in [0.05, 0.1) is 23.2 Å². The van der Waals surface area contributed by atoms with Gasteiger partial charge in [0.25, 0.3) is 11.6 Å². The Morgan fingerprint density at radius 3 is 2.17 bits per heavy atom. The second-order valence-electron chi connectivity index (χ2n) is 6.69. The first-order valence-corrected chi connectivity index (χ1v) is 9.11. The van der Waals surface area contributed by atoms with E-state index in [2.05, 4.69) is 4.74 Å². The molecular formula is C21H22N2O7. The molecule has 1 amide bonds. The SMILES string of the molecule is COC(=O)c1cc(C(=O)OCC(=O)N(Cc2ccccc2)C(C)C)cc([N+](=O)[O-])c1. The molecule has 2 aromatic rings. The topological polar surface area (TPSA) is 116 Å². The Bertz CT molecular complexity index is 942. The number of methoxy groups -OCH3 is 1. The molecule has 0 heterocycles. The van der Waals surface area contributed by atoms with Crippen molar-refractivity contribution in [3.63, 3.8) is 0 Å². The Morgan fingerprint density at radius 2 is 1.63 bits per heavy atom. The zero-order valence-electron chi connectivity index (χ0n) is 16.9. The lowest BCUT2D eigenvalue weighted by Gasteiger charge is -2.26. The number of carbonyl (C=O) groups excluding carboxylic acids is 3. The molecule has 30 heavy (non-hydrogen) atoms. The van der Waals surface area contributed by atoms with Crippen molar-refractivity contribution in [2.75, 3.05) is 13.7 Å². The number of carbonyl (C=O) groups is 3. The van der Waals surface area contributed by atoms with E-state index in [1.807, 2.05) is 44.2 Å². The Hall–Kier alpha value is -3.75. The summed E-state index contributed by atoms with van der Waals surface area (Å²) in [5.74, 6) is -2.21. The van der Waals surface area contributed by atoms with E-state index in [1.54, 1.807) is 4.90 Å². The van der Waals surface area contributed by atoms with E-state index in [-0.39, 0.29) is 17.2 Å². The molecule has 0 aromatic heterocycles. The summed E-state index contributed by atoms with van der Waals surface area (Å²) < 4.78 is 9.60. The smallest absolute Gasteiger partial charge is 0.338 e. The monoisotopic (exact) mass is 414 g/mol. The first-order chi connectivity index (χ1) is 14.2. The van der Waals surface area contributed by atoms with E-state index in [0.717, 1.165) is 30.9 Å². The van der Waals surface area contributed by atoms with Gasteiger partial charge in [-0.1, -0.05) is 30.3 Å². The molecule has 0 atom stereocenters. The predicted molar refractivity (Wildman–Crippen MR) is 107 cm³/mol. The normalized spacial score (nSPS) is 10.4. The quantitative estimate of drug-likeness (QED) is 0.370. The van der Waals surface area contributed by atoms with Crippen LogP contribution in [0.4, 0.5) is 5.69 Å². The van der Waals surface area contributed by atoms with Crippen LogP contribution in [0.3, 0.4) is 0 Å². The first-order valence-electron chi connectivity index (χ1n) is 9.11. The number of hydrogen-bond donors (Lipinski definition) is 0. The number of esters is 2. The molecule has 0 radical (unpaired) electrons. The van der Waals surface area contributed by atoms with Gasteiger partial charge in [0.1, 0.15) is 0 Å². The fourth-order valence-corrected chi connectivity index (χ4v) is 2.70. The number of rotatable bonds is 8. The lowest BCUT2D eigenvalue weighted by atomic mass is 10.1. The molecule has 2 rings (SSSR count). The van der Waals surface area contributed by atoms with E-state index in [1.165, 1.54) is 0 Å². The highest BCUT2D eigenvalue weighted by Gasteiger charge is 2.22. The summed E-state index contributed by atoms with van der Waals surface area (Å²) in [5, 5.41) is 11.1. The third-order valence-electron chi connectivity index (χ3n) is 4.25. The summed E-state index contributed by atoms with van der Waals surface area (Å²) in [6.45, 7) is 3.48. The molecule has 0 saturated heterocycles. The van der Waals surface area contributed by atoms with Crippen LogP contribution in [0.2, 0.25) is 0 Å². The third kappa shape index (κ3) is 5.87. The Balaban J connectivity index is 2.13. The Kier molecular flexibility index (Phi) is 7.62. The van der Waals surface area contributed by atoms with Crippen LogP contribution in [0.5, 0.6) is 0 Å². The lowest BCUT2D eigenvalue weighted by molar-refractivity contribution is -0.384. The number of nitro groups is 1. The summed E-state index contributed by atoms with van der Waals surface area (Å²) in [4.78, 5) is 48.6.